The van der Waals surface area contributed by atoms with Gasteiger partial charge in [-0.3, -0.25) is 0 Å². The lowest BCUT2D eigenvalue weighted by atomic mass is 10.3. The van der Waals surface area contributed by atoms with E-state index in [9.17, 15) is 13.2 Å². The number of aromatic amines is 1. The van der Waals surface area contributed by atoms with Gasteiger partial charge in [-0.25, -0.2) is 4.98 Å². The maximum atomic E-state index is 11.9. The Morgan fingerprint density at radius 3 is 2.69 bits per heavy atom. The number of hydrogen-bond donors (Lipinski definition) is 2. The standard InChI is InChI=1S/C10H16F3N3/c1-7(2)14-5-8-6-15-9(16-8)3-4-10(11,12)13/h6-7,14H,3-5H2,1-2H3,(H,15,16). The van der Waals surface area contributed by atoms with Gasteiger partial charge in [-0.2, -0.15) is 13.2 Å². The highest BCUT2D eigenvalue weighted by molar-refractivity contribution is 5.01. The van der Waals surface area contributed by atoms with Gasteiger partial charge < -0.3 is 10.3 Å². The Kier molecular flexibility index (Phi) is 4.35. The number of aromatic nitrogens is 2. The van der Waals surface area contributed by atoms with Crippen LogP contribution in [0.5, 0.6) is 0 Å². The van der Waals surface area contributed by atoms with Crippen molar-refractivity contribution in [2.24, 2.45) is 0 Å². The van der Waals surface area contributed by atoms with E-state index < -0.39 is 12.6 Å². The maximum absolute atomic E-state index is 11.9. The molecule has 0 radical (unpaired) electrons. The molecule has 0 saturated heterocycles. The molecule has 1 rings (SSSR count). The lowest BCUT2D eigenvalue weighted by molar-refractivity contribution is -0.134. The van der Waals surface area contributed by atoms with Crippen LogP contribution in [0.15, 0.2) is 6.20 Å². The van der Waals surface area contributed by atoms with Gasteiger partial charge in [-0.15, -0.1) is 0 Å². The van der Waals surface area contributed by atoms with Crippen molar-refractivity contribution < 1.29 is 13.2 Å². The van der Waals surface area contributed by atoms with Crippen molar-refractivity contribution in [1.82, 2.24) is 15.3 Å². The van der Waals surface area contributed by atoms with E-state index in [1.54, 1.807) is 6.20 Å². The Morgan fingerprint density at radius 1 is 1.44 bits per heavy atom. The molecule has 1 aromatic rings. The molecule has 0 amide bonds. The molecule has 2 N–H and O–H groups in total. The summed E-state index contributed by atoms with van der Waals surface area (Å²) in [5, 5.41) is 3.15. The van der Waals surface area contributed by atoms with Crippen LogP contribution in [-0.2, 0) is 13.0 Å². The zero-order valence-electron chi connectivity index (χ0n) is 9.36. The van der Waals surface area contributed by atoms with E-state index in [1.807, 2.05) is 13.8 Å². The second kappa shape index (κ2) is 5.34. The molecule has 0 bridgehead atoms. The first kappa shape index (κ1) is 13.0. The molecule has 1 aromatic heterocycles. The number of hydrogen-bond acceptors (Lipinski definition) is 2. The third-order valence-electron chi connectivity index (χ3n) is 2.03. The van der Waals surface area contributed by atoms with Crippen molar-refractivity contribution in [2.75, 3.05) is 0 Å². The first-order chi connectivity index (χ1) is 7.37. The predicted molar refractivity (Wildman–Crippen MR) is 54.9 cm³/mol. The summed E-state index contributed by atoms with van der Waals surface area (Å²) in [4.78, 5) is 6.77. The van der Waals surface area contributed by atoms with Crippen LogP contribution in [0.25, 0.3) is 0 Å². The quantitative estimate of drug-likeness (QED) is 0.822. The summed E-state index contributed by atoms with van der Waals surface area (Å²) in [6.07, 6.45) is -3.48. The summed E-state index contributed by atoms with van der Waals surface area (Å²) >= 11 is 0. The van der Waals surface area contributed by atoms with Crippen molar-refractivity contribution in [1.29, 1.82) is 0 Å². The molecule has 0 saturated carbocycles. The minimum Gasteiger partial charge on any atom is -0.345 e. The Morgan fingerprint density at radius 2 is 2.12 bits per heavy atom. The molecule has 0 aliphatic heterocycles. The lowest BCUT2D eigenvalue weighted by Gasteiger charge is -2.05. The third kappa shape index (κ3) is 5.16. The Hall–Kier alpha value is -1.04. The molecule has 0 aliphatic rings. The van der Waals surface area contributed by atoms with Gasteiger partial charge >= 0.3 is 6.18 Å². The van der Waals surface area contributed by atoms with Gasteiger partial charge in [0.05, 0.1) is 6.42 Å². The number of imidazole rings is 1. The smallest absolute Gasteiger partial charge is 0.345 e. The van der Waals surface area contributed by atoms with Crippen molar-refractivity contribution in [2.45, 2.75) is 45.5 Å². The van der Waals surface area contributed by atoms with Crippen molar-refractivity contribution in [3.05, 3.63) is 17.7 Å². The third-order valence-corrected chi connectivity index (χ3v) is 2.03. The summed E-state index contributed by atoms with van der Waals surface area (Å²) in [6, 6.07) is 0.335. The van der Waals surface area contributed by atoms with Gasteiger partial charge in [0.25, 0.3) is 0 Å². The van der Waals surface area contributed by atoms with Gasteiger partial charge in [0.15, 0.2) is 0 Å². The van der Waals surface area contributed by atoms with Crippen LogP contribution in [-0.4, -0.2) is 22.2 Å². The number of halogens is 3. The monoisotopic (exact) mass is 235 g/mol. The maximum Gasteiger partial charge on any atom is 0.389 e. The average molecular weight is 235 g/mol. The summed E-state index contributed by atoms with van der Waals surface area (Å²) in [5.74, 6) is 0.387. The highest BCUT2D eigenvalue weighted by atomic mass is 19.4. The normalized spacial score (nSPS) is 12.4. The van der Waals surface area contributed by atoms with Crippen LogP contribution in [0, 0.1) is 0 Å². The van der Waals surface area contributed by atoms with Crippen LogP contribution in [0.3, 0.4) is 0 Å². The number of H-pyrrole nitrogens is 1. The second-order valence-electron chi connectivity index (χ2n) is 4.01. The van der Waals surface area contributed by atoms with Gasteiger partial charge in [0, 0.05) is 30.9 Å². The van der Waals surface area contributed by atoms with E-state index >= 15 is 0 Å². The zero-order chi connectivity index (χ0) is 12.2. The first-order valence-corrected chi connectivity index (χ1v) is 5.20. The number of alkyl halides is 3. The van der Waals surface area contributed by atoms with Crippen LogP contribution in [0.1, 0.15) is 31.8 Å². The zero-order valence-corrected chi connectivity index (χ0v) is 9.36. The predicted octanol–water partition coefficient (Wildman–Crippen LogP) is 2.40. The average Bonchev–Trinajstić information content (AvgIpc) is 2.58. The fourth-order valence-electron chi connectivity index (χ4n) is 1.20. The van der Waals surface area contributed by atoms with E-state index in [0.717, 1.165) is 5.69 Å². The number of nitrogens with zero attached hydrogens (tertiary/aromatic N) is 1. The number of rotatable bonds is 5. The molecule has 0 spiro atoms. The summed E-state index contributed by atoms with van der Waals surface area (Å²) in [7, 11) is 0. The van der Waals surface area contributed by atoms with Gasteiger partial charge in [0.1, 0.15) is 5.82 Å². The molecule has 92 valence electrons. The minimum atomic E-state index is -4.12. The molecule has 0 aromatic carbocycles. The molecular weight excluding hydrogens is 219 g/mol. The molecule has 6 heteroatoms. The van der Waals surface area contributed by atoms with Crippen LogP contribution < -0.4 is 5.32 Å². The van der Waals surface area contributed by atoms with Crippen LogP contribution in [0.4, 0.5) is 13.2 Å². The molecule has 3 nitrogen and oxygen atoms in total. The minimum absolute atomic E-state index is 0.0921. The fourth-order valence-corrected chi connectivity index (χ4v) is 1.20. The van der Waals surface area contributed by atoms with Crippen molar-refractivity contribution in [3.63, 3.8) is 0 Å². The molecule has 0 unspecified atom stereocenters. The molecular formula is C10H16F3N3. The van der Waals surface area contributed by atoms with Crippen molar-refractivity contribution in [3.8, 4) is 0 Å². The largest absolute Gasteiger partial charge is 0.389 e. The highest BCUT2D eigenvalue weighted by Gasteiger charge is 2.26. The highest BCUT2D eigenvalue weighted by Crippen LogP contribution is 2.21. The first-order valence-electron chi connectivity index (χ1n) is 5.20. The van der Waals surface area contributed by atoms with E-state index in [1.165, 1.54) is 0 Å². The molecule has 1 heterocycles. The second-order valence-corrected chi connectivity index (χ2v) is 4.01. The number of nitrogens with one attached hydrogen (secondary N) is 2. The van der Waals surface area contributed by atoms with E-state index in [4.69, 9.17) is 0 Å². The van der Waals surface area contributed by atoms with Crippen molar-refractivity contribution >= 4 is 0 Å². The fraction of sp³-hybridized carbons (Fsp3) is 0.700. The SMILES string of the molecule is CC(C)NCc1cnc(CCC(F)(F)F)[nH]1. The van der Waals surface area contributed by atoms with E-state index in [0.29, 0.717) is 18.4 Å². The van der Waals surface area contributed by atoms with Crippen LogP contribution >= 0.6 is 0 Å². The Bertz CT molecular complexity index is 317. The molecule has 16 heavy (non-hydrogen) atoms. The summed E-state index contributed by atoms with van der Waals surface area (Å²) in [5.41, 5.74) is 0.811. The molecule has 0 fully saturated rings. The van der Waals surface area contributed by atoms with Gasteiger partial charge in [0.2, 0.25) is 0 Å². The van der Waals surface area contributed by atoms with Crippen LogP contribution in [0.2, 0.25) is 0 Å². The summed E-state index contributed by atoms with van der Waals surface area (Å²) in [6.45, 7) is 4.60. The van der Waals surface area contributed by atoms with E-state index in [2.05, 4.69) is 15.3 Å². The van der Waals surface area contributed by atoms with Gasteiger partial charge in [-0.05, 0) is 0 Å². The van der Waals surface area contributed by atoms with Gasteiger partial charge in [-0.1, -0.05) is 13.8 Å². The van der Waals surface area contributed by atoms with E-state index in [-0.39, 0.29) is 6.42 Å². The summed E-state index contributed by atoms with van der Waals surface area (Å²) < 4.78 is 35.8. The number of aryl methyl sites for hydroxylation is 1. The molecule has 0 atom stereocenters. The molecule has 0 aliphatic carbocycles. The lowest BCUT2D eigenvalue weighted by Crippen LogP contribution is -2.21. The Labute approximate surface area is 92.5 Å². The topological polar surface area (TPSA) is 40.7 Å². The Balaban J connectivity index is 2.39.